The van der Waals surface area contributed by atoms with Gasteiger partial charge in [0, 0.05) is 0 Å². The molecule has 5 saturated carbocycles. The van der Waals surface area contributed by atoms with Gasteiger partial charge in [-0.15, -0.1) is 0 Å². The Balaban J connectivity index is 1.70. The van der Waals surface area contributed by atoms with Gasteiger partial charge in [0.15, 0.2) is 0 Å². The molecule has 0 aromatic carbocycles. The van der Waals surface area contributed by atoms with E-state index < -0.39 is 0 Å². The van der Waals surface area contributed by atoms with Gasteiger partial charge in [-0.2, -0.15) is 0 Å². The van der Waals surface area contributed by atoms with Gasteiger partial charge in [0.2, 0.25) is 0 Å². The maximum absolute atomic E-state index is 2.66. The topological polar surface area (TPSA) is 0 Å². The molecule has 1 spiro atoms. The van der Waals surface area contributed by atoms with Crippen molar-refractivity contribution in [3.05, 3.63) is 12.2 Å². The van der Waals surface area contributed by atoms with E-state index in [1.807, 2.05) is 0 Å². The minimum atomic E-state index is 0.699. The Bertz CT molecular complexity index is 368. The number of hydrogen-bond donors (Lipinski definition) is 0. The lowest BCUT2D eigenvalue weighted by molar-refractivity contribution is -0.0579. The van der Waals surface area contributed by atoms with Gasteiger partial charge in [-0.05, 0) is 85.9 Å². The second-order valence-corrected chi connectivity index (χ2v) is 7.56. The van der Waals surface area contributed by atoms with Crippen molar-refractivity contribution in [3.63, 3.8) is 0 Å². The van der Waals surface area contributed by atoms with Gasteiger partial charge in [0.25, 0.3) is 0 Å². The van der Waals surface area contributed by atoms with Gasteiger partial charge in [-0.1, -0.05) is 12.2 Å². The number of fused-ring (bicyclic) bond motifs is 2. The third-order valence-electron chi connectivity index (χ3n) is 7.21. The lowest BCUT2D eigenvalue weighted by Crippen LogP contribution is -2.48. The van der Waals surface area contributed by atoms with Crippen LogP contribution < -0.4 is 0 Å². The molecule has 6 rings (SSSR count). The molecule has 6 aliphatic carbocycles. The van der Waals surface area contributed by atoms with Gasteiger partial charge in [0.05, 0.1) is 0 Å². The van der Waals surface area contributed by atoms with Gasteiger partial charge in [-0.3, -0.25) is 0 Å². The quantitative estimate of drug-likeness (QED) is 0.534. The molecule has 7 unspecified atom stereocenters. The van der Waals surface area contributed by atoms with Crippen molar-refractivity contribution in [1.29, 1.82) is 0 Å². The van der Waals surface area contributed by atoms with Gasteiger partial charge in [0.1, 0.15) is 0 Å². The Morgan fingerprint density at radius 3 is 2.88 bits per heavy atom. The summed E-state index contributed by atoms with van der Waals surface area (Å²) >= 11 is 0. The fraction of sp³-hybridized carbons (Fsp3) is 0.875. The molecular weight excluding hydrogens is 192 g/mol. The Morgan fingerprint density at radius 1 is 0.875 bits per heavy atom. The first-order valence-electron chi connectivity index (χ1n) is 7.54. The number of allylic oxidation sites excluding steroid dienone is 2. The fourth-order valence-electron chi connectivity index (χ4n) is 6.68. The van der Waals surface area contributed by atoms with Crippen molar-refractivity contribution in [3.8, 4) is 0 Å². The van der Waals surface area contributed by atoms with E-state index in [1.165, 1.54) is 6.42 Å². The Hall–Kier alpha value is -0.260. The third kappa shape index (κ3) is 0.866. The van der Waals surface area contributed by atoms with Crippen LogP contribution in [-0.2, 0) is 0 Å². The van der Waals surface area contributed by atoms with E-state index in [-0.39, 0.29) is 0 Å². The van der Waals surface area contributed by atoms with E-state index in [9.17, 15) is 0 Å². The highest BCUT2D eigenvalue weighted by molar-refractivity contribution is 5.20. The van der Waals surface area contributed by atoms with Crippen LogP contribution in [0.25, 0.3) is 0 Å². The zero-order chi connectivity index (χ0) is 10.3. The van der Waals surface area contributed by atoms with Crippen LogP contribution in [0.1, 0.15) is 44.9 Å². The van der Waals surface area contributed by atoms with Crippen LogP contribution >= 0.6 is 0 Å². The molecule has 0 heterocycles. The Morgan fingerprint density at radius 2 is 1.88 bits per heavy atom. The second kappa shape index (κ2) is 2.60. The van der Waals surface area contributed by atoms with Gasteiger partial charge >= 0.3 is 0 Å². The molecule has 0 amide bonds. The molecular formula is C16H22. The van der Waals surface area contributed by atoms with Crippen LogP contribution in [-0.4, -0.2) is 0 Å². The van der Waals surface area contributed by atoms with Crippen LogP contribution in [0.4, 0.5) is 0 Å². The first-order valence-corrected chi connectivity index (χ1v) is 7.54. The fourth-order valence-corrected chi connectivity index (χ4v) is 6.68. The zero-order valence-corrected chi connectivity index (χ0v) is 10.1. The van der Waals surface area contributed by atoms with Crippen molar-refractivity contribution in [2.24, 2.45) is 40.9 Å². The molecule has 6 aliphatic rings. The van der Waals surface area contributed by atoms with E-state index >= 15 is 0 Å². The predicted molar refractivity (Wildman–Crippen MR) is 64.8 cm³/mol. The molecule has 0 saturated heterocycles. The van der Waals surface area contributed by atoms with Gasteiger partial charge in [-0.25, -0.2) is 0 Å². The summed E-state index contributed by atoms with van der Waals surface area (Å²) in [5, 5.41) is 0. The maximum atomic E-state index is 2.66. The molecule has 0 N–H and O–H groups in total. The van der Waals surface area contributed by atoms with Crippen molar-refractivity contribution < 1.29 is 0 Å². The molecule has 0 radical (unpaired) electrons. The molecule has 0 aliphatic heterocycles. The SMILES string of the molecule is C1=CC23CCC4C5CCC(C(C5)C1C2)C4C3. The summed E-state index contributed by atoms with van der Waals surface area (Å²) in [6.45, 7) is 0. The summed E-state index contributed by atoms with van der Waals surface area (Å²) in [6, 6.07) is 0. The first-order chi connectivity index (χ1) is 7.85. The smallest absolute Gasteiger partial charge is 0.0109 e. The molecule has 6 bridgehead atoms. The number of rotatable bonds is 0. The lowest BCUT2D eigenvalue weighted by Gasteiger charge is -2.56. The second-order valence-electron chi connectivity index (χ2n) is 7.56. The highest BCUT2D eigenvalue weighted by Crippen LogP contribution is 2.67. The van der Waals surface area contributed by atoms with E-state index in [4.69, 9.17) is 0 Å². The van der Waals surface area contributed by atoms with Crippen molar-refractivity contribution in [1.82, 2.24) is 0 Å². The molecule has 5 fully saturated rings. The highest BCUT2D eigenvalue weighted by Gasteiger charge is 2.58. The van der Waals surface area contributed by atoms with E-state index in [2.05, 4.69) is 12.2 Å². The summed E-state index contributed by atoms with van der Waals surface area (Å²) in [5.74, 6) is 6.71. The molecule has 0 aromatic rings. The largest absolute Gasteiger partial charge is 0.0845 e. The summed E-state index contributed by atoms with van der Waals surface area (Å²) in [4.78, 5) is 0. The van der Waals surface area contributed by atoms with Gasteiger partial charge < -0.3 is 0 Å². The number of hydrogen-bond acceptors (Lipinski definition) is 0. The van der Waals surface area contributed by atoms with Crippen LogP contribution in [0.2, 0.25) is 0 Å². The van der Waals surface area contributed by atoms with Crippen LogP contribution in [0.15, 0.2) is 12.2 Å². The zero-order valence-electron chi connectivity index (χ0n) is 10.1. The molecule has 0 heteroatoms. The third-order valence-corrected chi connectivity index (χ3v) is 7.21. The van der Waals surface area contributed by atoms with E-state index in [0.29, 0.717) is 5.41 Å². The Labute approximate surface area is 98.5 Å². The summed E-state index contributed by atoms with van der Waals surface area (Å²) < 4.78 is 0. The summed E-state index contributed by atoms with van der Waals surface area (Å²) in [7, 11) is 0. The average Bonchev–Trinajstić information content (AvgIpc) is 2.71. The highest BCUT2D eigenvalue weighted by atomic mass is 14.6. The van der Waals surface area contributed by atoms with Crippen molar-refractivity contribution in [2.45, 2.75) is 44.9 Å². The van der Waals surface area contributed by atoms with Crippen molar-refractivity contribution in [2.75, 3.05) is 0 Å². The maximum Gasteiger partial charge on any atom is -0.0109 e. The van der Waals surface area contributed by atoms with Crippen LogP contribution in [0, 0.1) is 40.9 Å². The standard InChI is InChI=1S/C16H22/c1-2-13-14-7-10(1)12-4-6-16(9-15(12)13)5-3-11(14)8-16/h3,5,10-15H,1-2,4,6-9H2. The van der Waals surface area contributed by atoms with E-state index in [0.717, 1.165) is 35.5 Å². The Kier molecular flexibility index (Phi) is 1.42. The molecule has 7 atom stereocenters. The average molecular weight is 214 g/mol. The van der Waals surface area contributed by atoms with Crippen LogP contribution in [0.5, 0.6) is 0 Å². The monoisotopic (exact) mass is 214 g/mol. The predicted octanol–water partition coefficient (Wildman–Crippen LogP) is 4.02. The molecule has 0 aromatic heterocycles. The summed E-state index contributed by atoms with van der Waals surface area (Å²) in [6.07, 6.45) is 16.3. The minimum absolute atomic E-state index is 0.699. The molecule has 86 valence electrons. The van der Waals surface area contributed by atoms with Crippen LogP contribution in [0.3, 0.4) is 0 Å². The minimum Gasteiger partial charge on any atom is -0.0845 e. The molecule has 0 nitrogen and oxygen atoms in total. The first kappa shape index (κ1) is 8.78. The van der Waals surface area contributed by atoms with E-state index in [1.54, 1.807) is 38.5 Å². The normalized spacial score (nSPS) is 65.0. The lowest BCUT2D eigenvalue weighted by atomic mass is 9.49. The summed E-state index contributed by atoms with van der Waals surface area (Å²) in [5.41, 5.74) is 0.699. The van der Waals surface area contributed by atoms with Crippen molar-refractivity contribution >= 4 is 0 Å². The molecule has 16 heavy (non-hydrogen) atoms.